The number of halogens is 2. The molecule has 0 saturated heterocycles. The molecule has 0 fully saturated rings. The van der Waals surface area contributed by atoms with Crippen molar-refractivity contribution in [2.45, 2.75) is 19.6 Å². The molecule has 0 aliphatic heterocycles. The zero-order valence-corrected chi connectivity index (χ0v) is 18.4. The lowest BCUT2D eigenvalue weighted by Gasteiger charge is -2.16. The van der Waals surface area contributed by atoms with Crippen LogP contribution in [0.25, 0.3) is 22.5 Å². The molecule has 1 heterocycles. The van der Waals surface area contributed by atoms with Crippen LogP contribution >= 0.6 is 11.6 Å². The molecular weight excluding hydrogens is 427 g/mol. The van der Waals surface area contributed by atoms with Gasteiger partial charge in [-0.05, 0) is 36.8 Å². The predicted octanol–water partition coefficient (Wildman–Crippen LogP) is 4.76. The highest BCUT2D eigenvalue weighted by Crippen LogP contribution is 2.40. The second-order valence-corrected chi connectivity index (χ2v) is 6.85. The Hall–Kier alpha value is -3.10. The van der Waals surface area contributed by atoms with Gasteiger partial charge in [-0.2, -0.15) is 0 Å². The van der Waals surface area contributed by atoms with E-state index in [-0.39, 0.29) is 18.3 Å². The minimum absolute atomic E-state index is 0.0248. The van der Waals surface area contributed by atoms with Crippen LogP contribution in [0, 0.1) is 5.82 Å². The highest BCUT2D eigenvalue weighted by molar-refractivity contribution is 6.33. The van der Waals surface area contributed by atoms with Gasteiger partial charge < -0.3 is 23.9 Å². The van der Waals surface area contributed by atoms with Crippen LogP contribution in [-0.2, 0) is 16.1 Å². The summed E-state index contributed by atoms with van der Waals surface area (Å²) in [4.78, 5) is 12.8. The van der Waals surface area contributed by atoms with E-state index in [4.69, 9.17) is 35.7 Å². The first-order valence-corrected chi connectivity index (χ1v) is 9.61. The van der Waals surface area contributed by atoms with Crippen molar-refractivity contribution in [1.29, 1.82) is 0 Å². The van der Waals surface area contributed by atoms with Crippen LogP contribution in [0.5, 0.6) is 11.5 Å². The Morgan fingerprint density at radius 1 is 1.19 bits per heavy atom. The number of carbonyl (C=O) groups is 1. The number of imidazole rings is 1. The topological polar surface area (TPSA) is 82.8 Å². The molecule has 0 saturated carbocycles. The minimum Gasteiger partial charge on any atom is -0.495 e. The number of hydrogen-bond donors (Lipinski definition) is 1. The number of carboxylic acid groups (broad SMARTS) is 1. The van der Waals surface area contributed by atoms with E-state index in [1.165, 1.54) is 20.3 Å². The average Bonchev–Trinajstić information content (AvgIpc) is 3.21. The Morgan fingerprint density at radius 3 is 2.48 bits per heavy atom. The van der Waals surface area contributed by atoms with Crippen molar-refractivity contribution in [3.8, 4) is 34.0 Å². The van der Waals surface area contributed by atoms with E-state index in [9.17, 15) is 4.39 Å². The molecule has 1 N–H and O–H groups in total. The van der Waals surface area contributed by atoms with Crippen molar-refractivity contribution >= 4 is 18.1 Å². The third-order valence-corrected chi connectivity index (χ3v) is 4.82. The van der Waals surface area contributed by atoms with Gasteiger partial charge in [-0.3, -0.25) is 4.79 Å². The first kappa shape index (κ1) is 24.2. The molecule has 166 valence electrons. The second kappa shape index (κ2) is 11.3. The molecule has 2 aromatic carbocycles. The summed E-state index contributed by atoms with van der Waals surface area (Å²) in [6, 6.07) is 8.42. The summed E-state index contributed by atoms with van der Waals surface area (Å²) in [5.41, 5.74) is 2.09. The van der Waals surface area contributed by atoms with Gasteiger partial charge in [0.25, 0.3) is 6.47 Å². The Bertz CT molecular complexity index is 1030. The lowest BCUT2D eigenvalue weighted by Crippen LogP contribution is -2.14. The first-order chi connectivity index (χ1) is 14.9. The normalized spacial score (nSPS) is 11.3. The molecule has 1 atom stereocenters. The number of methoxy groups -OCH3 is 3. The third-order valence-electron chi connectivity index (χ3n) is 4.54. The Morgan fingerprint density at radius 2 is 1.90 bits per heavy atom. The maximum Gasteiger partial charge on any atom is 0.290 e. The third kappa shape index (κ3) is 5.74. The van der Waals surface area contributed by atoms with E-state index >= 15 is 0 Å². The van der Waals surface area contributed by atoms with Crippen LogP contribution in [0.3, 0.4) is 0 Å². The van der Waals surface area contributed by atoms with Crippen LogP contribution < -0.4 is 9.47 Å². The Balaban J connectivity index is 0.00000107. The van der Waals surface area contributed by atoms with Crippen LogP contribution in [0.2, 0.25) is 5.02 Å². The summed E-state index contributed by atoms with van der Waals surface area (Å²) in [6.45, 7) is 2.37. The lowest BCUT2D eigenvalue weighted by molar-refractivity contribution is -0.122. The molecule has 1 aromatic heterocycles. The van der Waals surface area contributed by atoms with Gasteiger partial charge in [-0.1, -0.05) is 17.7 Å². The maximum absolute atomic E-state index is 14.3. The second-order valence-electron chi connectivity index (χ2n) is 6.44. The smallest absolute Gasteiger partial charge is 0.290 e. The van der Waals surface area contributed by atoms with E-state index in [0.29, 0.717) is 28.4 Å². The summed E-state index contributed by atoms with van der Waals surface area (Å²) in [6.07, 6.45) is 3.63. The van der Waals surface area contributed by atoms with Gasteiger partial charge in [0.1, 0.15) is 11.6 Å². The van der Waals surface area contributed by atoms with Crippen molar-refractivity contribution in [3.05, 3.63) is 53.6 Å². The molecule has 31 heavy (non-hydrogen) atoms. The van der Waals surface area contributed by atoms with E-state index < -0.39 is 5.82 Å². The molecular formula is C22H24ClFN2O5. The fraction of sp³-hybridized carbons (Fsp3) is 0.273. The van der Waals surface area contributed by atoms with Crippen molar-refractivity contribution in [2.24, 2.45) is 0 Å². The average molecular weight is 451 g/mol. The molecule has 1 unspecified atom stereocenters. The van der Waals surface area contributed by atoms with Crippen LogP contribution in [0.1, 0.15) is 6.92 Å². The van der Waals surface area contributed by atoms with E-state index in [1.807, 2.05) is 23.8 Å². The monoisotopic (exact) mass is 450 g/mol. The van der Waals surface area contributed by atoms with Crippen LogP contribution in [-0.4, -0.2) is 48.6 Å². The SMILES string of the molecule is COc1ccc(-c2cc(-c3nccn3CC(C)OC)cc(Cl)c2OC)cc1F.O=CO. The predicted molar refractivity (Wildman–Crippen MR) is 116 cm³/mol. The molecule has 3 rings (SSSR count). The van der Waals surface area contributed by atoms with Crippen LogP contribution in [0.4, 0.5) is 4.39 Å². The number of hydrogen-bond acceptors (Lipinski definition) is 5. The maximum atomic E-state index is 14.3. The van der Waals surface area contributed by atoms with Crippen molar-refractivity contribution in [2.75, 3.05) is 21.3 Å². The number of ether oxygens (including phenoxy) is 3. The van der Waals surface area contributed by atoms with Gasteiger partial charge in [0.05, 0.1) is 31.9 Å². The number of benzene rings is 2. The van der Waals surface area contributed by atoms with E-state index in [0.717, 1.165) is 11.4 Å². The molecule has 0 bridgehead atoms. The Labute approximate surface area is 185 Å². The summed E-state index contributed by atoms with van der Waals surface area (Å²) >= 11 is 6.48. The molecule has 7 nitrogen and oxygen atoms in total. The molecule has 0 spiro atoms. The molecule has 0 aliphatic carbocycles. The van der Waals surface area contributed by atoms with Crippen LogP contribution in [0.15, 0.2) is 42.7 Å². The summed E-state index contributed by atoms with van der Waals surface area (Å²) < 4.78 is 32.1. The van der Waals surface area contributed by atoms with Crippen molar-refractivity contribution in [3.63, 3.8) is 0 Å². The lowest BCUT2D eigenvalue weighted by atomic mass is 10.0. The largest absolute Gasteiger partial charge is 0.495 e. The zero-order valence-electron chi connectivity index (χ0n) is 17.6. The van der Waals surface area contributed by atoms with Gasteiger partial charge in [0.15, 0.2) is 11.6 Å². The quantitative estimate of drug-likeness (QED) is 0.522. The molecule has 9 heteroatoms. The fourth-order valence-corrected chi connectivity index (χ4v) is 3.34. The molecule has 3 aromatic rings. The number of aromatic nitrogens is 2. The van der Waals surface area contributed by atoms with Gasteiger partial charge >= 0.3 is 0 Å². The van der Waals surface area contributed by atoms with Gasteiger partial charge in [0, 0.05) is 30.6 Å². The summed E-state index contributed by atoms with van der Waals surface area (Å²) in [5, 5.41) is 7.31. The molecule has 0 amide bonds. The first-order valence-electron chi connectivity index (χ1n) is 9.23. The highest BCUT2D eigenvalue weighted by atomic mass is 35.5. The van der Waals surface area contributed by atoms with Gasteiger partial charge in [0.2, 0.25) is 0 Å². The van der Waals surface area contributed by atoms with Gasteiger partial charge in [-0.15, -0.1) is 0 Å². The summed E-state index contributed by atoms with van der Waals surface area (Å²) in [5.74, 6) is 0.926. The van der Waals surface area contributed by atoms with E-state index in [1.54, 1.807) is 31.5 Å². The van der Waals surface area contributed by atoms with Crippen molar-refractivity contribution < 1.29 is 28.5 Å². The van der Waals surface area contributed by atoms with E-state index in [2.05, 4.69) is 4.98 Å². The minimum atomic E-state index is -0.459. The van der Waals surface area contributed by atoms with Gasteiger partial charge in [-0.25, -0.2) is 9.37 Å². The highest BCUT2D eigenvalue weighted by Gasteiger charge is 2.17. The molecule has 0 radical (unpaired) electrons. The molecule has 0 aliphatic rings. The summed E-state index contributed by atoms with van der Waals surface area (Å²) in [7, 11) is 4.63. The number of nitrogens with zero attached hydrogens (tertiary/aromatic N) is 2. The van der Waals surface area contributed by atoms with Crippen molar-refractivity contribution in [1.82, 2.24) is 9.55 Å². The zero-order chi connectivity index (χ0) is 23.0. The Kier molecular flexibility index (Phi) is 8.84. The fourth-order valence-electron chi connectivity index (χ4n) is 3.05. The standard InChI is InChI=1S/C21H22ClFN2O3.CH2O2/c1-13(26-2)12-25-8-7-24-21(25)15-9-16(20(28-4)17(22)10-15)14-5-6-19(27-3)18(23)11-14;2-1-3/h5-11,13H,12H2,1-4H3;1H,(H,2,3). The number of rotatable bonds is 7.